The fraction of sp³-hybridized carbons (Fsp3) is 0.360. The monoisotopic (exact) mass is 521 g/mol. The number of methoxy groups -OCH3 is 1. The van der Waals surface area contributed by atoms with Crippen LogP contribution in [0.4, 0.5) is 0 Å². The molecule has 2 aromatic carbocycles. The molecular weight excluding hydrogens is 491 g/mol. The third-order valence-electron chi connectivity index (χ3n) is 5.76. The van der Waals surface area contributed by atoms with Gasteiger partial charge in [-0.2, -0.15) is 0 Å². The number of aryl methyl sites for hydroxylation is 2. The molecule has 5 N–H and O–H groups in total. The highest BCUT2D eigenvalue weighted by Crippen LogP contribution is 2.37. The zero-order valence-corrected chi connectivity index (χ0v) is 21.4. The van der Waals surface area contributed by atoms with Crippen molar-refractivity contribution < 1.29 is 24.3 Å². The first-order valence-corrected chi connectivity index (χ1v) is 12.1. The number of phenolic OH excluding ortho intramolecular Hbond substituents is 2. The Balaban J connectivity index is 1.86. The van der Waals surface area contributed by atoms with Crippen LogP contribution in [0.25, 0.3) is 23.2 Å². The van der Waals surface area contributed by atoms with Gasteiger partial charge in [-0.05, 0) is 43.0 Å². The van der Waals surface area contributed by atoms with Gasteiger partial charge in [0.25, 0.3) is 5.82 Å². The van der Waals surface area contributed by atoms with E-state index in [1.54, 1.807) is 6.07 Å². The van der Waals surface area contributed by atoms with Gasteiger partial charge in [0.1, 0.15) is 0 Å². The summed E-state index contributed by atoms with van der Waals surface area (Å²) < 4.78 is 9.31. The minimum atomic E-state index is -0.301. The maximum atomic E-state index is 11.8. The number of halogens is 2. The Bertz CT molecular complexity index is 1240. The van der Waals surface area contributed by atoms with Crippen LogP contribution in [0.2, 0.25) is 10.0 Å². The van der Waals surface area contributed by atoms with E-state index in [4.69, 9.17) is 33.7 Å². The lowest BCUT2D eigenvalue weighted by molar-refractivity contribution is -0.647. The van der Waals surface area contributed by atoms with Crippen molar-refractivity contribution in [1.82, 2.24) is 9.88 Å². The Morgan fingerprint density at radius 3 is 2.60 bits per heavy atom. The van der Waals surface area contributed by atoms with Gasteiger partial charge in [-0.1, -0.05) is 23.2 Å². The molecule has 0 bridgehead atoms. The number of rotatable bonds is 11. The second-order valence-corrected chi connectivity index (χ2v) is 9.01. The summed E-state index contributed by atoms with van der Waals surface area (Å²) in [7, 11) is 3.37. The molecule has 1 amide bonds. The van der Waals surface area contributed by atoms with Crippen molar-refractivity contribution >= 4 is 52.3 Å². The van der Waals surface area contributed by atoms with E-state index >= 15 is 0 Å². The summed E-state index contributed by atoms with van der Waals surface area (Å²) in [6, 6.07) is 6.79. The highest BCUT2D eigenvalue weighted by molar-refractivity contribution is 6.42. The first-order chi connectivity index (χ1) is 16.8. The van der Waals surface area contributed by atoms with Crippen LogP contribution in [-0.2, 0) is 18.4 Å². The van der Waals surface area contributed by atoms with E-state index in [2.05, 4.69) is 9.88 Å². The molecule has 8 nitrogen and oxygen atoms in total. The molecule has 0 radical (unpaired) electrons. The lowest BCUT2D eigenvalue weighted by atomic mass is 10.1. The number of carbonyl (C=O) groups excluding carboxylic acids is 1. The lowest BCUT2D eigenvalue weighted by Gasteiger charge is -2.06. The Kier molecular flexibility index (Phi) is 9.26. The van der Waals surface area contributed by atoms with E-state index in [1.165, 1.54) is 13.2 Å². The van der Waals surface area contributed by atoms with Crippen LogP contribution in [0, 0.1) is 0 Å². The molecule has 0 unspecified atom stereocenters. The largest absolute Gasteiger partial charge is 0.504 e. The molecule has 188 valence electrons. The van der Waals surface area contributed by atoms with Crippen LogP contribution in [-0.4, -0.2) is 40.9 Å². The van der Waals surface area contributed by atoms with Gasteiger partial charge >= 0.3 is 0 Å². The predicted molar refractivity (Wildman–Crippen MR) is 139 cm³/mol. The number of nitrogens with zero attached hydrogens (tertiary/aromatic N) is 2. The number of aromatic nitrogens is 2. The molecule has 0 aliphatic carbocycles. The number of nitrogens with two attached hydrogens (primary N) is 1. The maximum absolute atomic E-state index is 11.8. The molecule has 0 aliphatic rings. The van der Waals surface area contributed by atoms with Crippen molar-refractivity contribution in [2.45, 2.75) is 32.2 Å². The summed E-state index contributed by atoms with van der Waals surface area (Å²) in [6.07, 6.45) is 6.76. The zero-order valence-electron chi connectivity index (χ0n) is 19.9. The van der Waals surface area contributed by atoms with Crippen LogP contribution in [0.15, 0.2) is 24.3 Å². The van der Waals surface area contributed by atoms with Gasteiger partial charge < -0.3 is 26.0 Å². The summed E-state index contributed by atoms with van der Waals surface area (Å²) in [5, 5.41) is 23.6. The summed E-state index contributed by atoms with van der Waals surface area (Å²) in [4.78, 5) is 11.8. The maximum Gasteiger partial charge on any atom is 0.282 e. The number of benzene rings is 2. The number of hydrogen-bond acceptors (Lipinski definition) is 5. The molecule has 0 spiro atoms. The number of unbranched alkanes of at least 4 members (excludes halogenated alkanes) is 2. The number of phenols is 2. The van der Waals surface area contributed by atoms with Gasteiger partial charge in [0.15, 0.2) is 22.5 Å². The SMILES string of the molecule is COc1cc(/C=C/c2n(CCCCCC(=O)NCCN)c3cc(Cl)c(Cl)cc3[n+]2C)cc(O)c1O. The van der Waals surface area contributed by atoms with Gasteiger partial charge in [0.2, 0.25) is 11.7 Å². The van der Waals surface area contributed by atoms with Crippen molar-refractivity contribution in [2.24, 2.45) is 12.8 Å². The van der Waals surface area contributed by atoms with Crippen molar-refractivity contribution in [3.63, 3.8) is 0 Å². The van der Waals surface area contributed by atoms with Gasteiger partial charge in [0, 0.05) is 37.7 Å². The molecule has 1 aromatic heterocycles. The van der Waals surface area contributed by atoms with Crippen LogP contribution >= 0.6 is 23.2 Å². The normalized spacial score (nSPS) is 11.5. The topological polar surface area (TPSA) is 114 Å². The molecule has 0 saturated heterocycles. The first kappa shape index (κ1) is 26.7. The highest BCUT2D eigenvalue weighted by atomic mass is 35.5. The van der Waals surface area contributed by atoms with E-state index in [1.807, 2.05) is 35.9 Å². The van der Waals surface area contributed by atoms with Crippen LogP contribution in [0.1, 0.15) is 37.1 Å². The molecule has 35 heavy (non-hydrogen) atoms. The number of imidazole rings is 1. The summed E-state index contributed by atoms with van der Waals surface area (Å²) in [5.74, 6) is 0.536. The number of fused-ring (bicyclic) bond motifs is 1. The van der Waals surface area contributed by atoms with Crippen molar-refractivity contribution in [1.29, 1.82) is 0 Å². The van der Waals surface area contributed by atoms with Crippen molar-refractivity contribution in [3.8, 4) is 17.2 Å². The smallest absolute Gasteiger partial charge is 0.282 e. The van der Waals surface area contributed by atoms with Gasteiger partial charge in [-0.25, -0.2) is 9.13 Å². The van der Waals surface area contributed by atoms with Crippen LogP contribution in [0.3, 0.4) is 0 Å². The predicted octanol–water partition coefficient (Wildman–Crippen LogP) is 4.00. The number of carbonyl (C=O) groups is 1. The van der Waals surface area contributed by atoms with Gasteiger partial charge in [0.05, 0.1) is 30.7 Å². The minimum absolute atomic E-state index is 0.0193. The highest BCUT2D eigenvalue weighted by Gasteiger charge is 2.22. The average Bonchev–Trinajstić information content (AvgIpc) is 3.08. The lowest BCUT2D eigenvalue weighted by Crippen LogP contribution is -2.31. The molecule has 3 rings (SSSR count). The number of nitrogens with one attached hydrogen (secondary N) is 1. The summed E-state index contributed by atoms with van der Waals surface area (Å²) in [6.45, 7) is 1.64. The van der Waals surface area contributed by atoms with Crippen LogP contribution < -0.4 is 20.4 Å². The Hall–Kier alpha value is -2.94. The third-order valence-corrected chi connectivity index (χ3v) is 6.49. The molecule has 0 atom stereocenters. The Morgan fingerprint density at radius 2 is 1.89 bits per heavy atom. The molecule has 0 saturated carbocycles. The van der Waals surface area contributed by atoms with Crippen LogP contribution in [0.5, 0.6) is 17.2 Å². The average molecular weight is 522 g/mol. The number of amides is 1. The van der Waals surface area contributed by atoms with E-state index in [9.17, 15) is 15.0 Å². The molecule has 0 fully saturated rings. The van der Waals surface area contributed by atoms with E-state index in [0.29, 0.717) is 41.7 Å². The fourth-order valence-corrected chi connectivity index (χ4v) is 4.26. The summed E-state index contributed by atoms with van der Waals surface area (Å²) >= 11 is 12.6. The van der Waals surface area contributed by atoms with Crippen molar-refractivity contribution in [3.05, 3.63) is 45.7 Å². The van der Waals surface area contributed by atoms with E-state index in [-0.39, 0.29) is 23.2 Å². The molecule has 1 heterocycles. The third kappa shape index (κ3) is 6.39. The second kappa shape index (κ2) is 12.2. The standard InChI is InChI=1S/C25H30Cl2N4O4/c1-30-19-14-17(26)18(27)15-20(19)31(11-5-3-4-6-23(33)29-10-9-28)24(30)8-7-16-12-21(32)25(34)22(13-16)35-2/h7-8,12-15H,3-6,9-11,28H2,1-2H3,(H2,29,32,33)/p+1. The second-order valence-electron chi connectivity index (χ2n) is 8.20. The first-order valence-electron chi connectivity index (χ1n) is 11.4. The quantitative estimate of drug-likeness (QED) is 0.173. The molecule has 0 aliphatic heterocycles. The van der Waals surface area contributed by atoms with E-state index < -0.39 is 0 Å². The Morgan fingerprint density at radius 1 is 1.14 bits per heavy atom. The fourth-order valence-electron chi connectivity index (χ4n) is 3.94. The van der Waals surface area contributed by atoms with Gasteiger partial charge in [-0.15, -0.1) is 0 Å². The van der Waals surface area contributed by atoms with E-state index in [0.717, 1.165) is 36.1 Å². The van der Waals surface area contributed by atoms with Gasteiger partial charge in [-0.3, -0.25) is 4.79 Å². The Labute approximate surface area is 214 Å². The number of aromatic hydroxyl groups is 2. The summed E-state index contributed by atoms with van der Waals surface area (Å²) in [5.41, 5.74) is 7.94. The zero-order chi connectivity index (χ0) is 25.5. The van der Waals surface area contributed by atoms with Crippen molar-refractivity contribution in [2.75, 3.05) is 20.2 Å². The molecular formula is C25H31Cl2N4O4+. The minimum Gasteiger partial charge on any atom is -0.504 e. The number of ether oxygens (including phenoxy) is 1. The number of hydrogen-bond donors (Lipinski definition) is 4. The molecule has 10 heteroatoms. The molecule has 3 aromatic rings.